The van der Waals surface area contributed by atoms with Crippen LogP contribution in [0.15, 0.2) is 106 Å². The minimum Gasteiger partial charge on any atom is -0.493 e. The molecular weight excluding hydrogens is 324 g/mol. The van der Waals surface area contributed by atoms with Gasteiger partial charge in [0.1, 0.15) is 0 Å². The molecule has 0 unspecified atom stereocenters. The summed E-state index contributed by atoms with van der Waals surface area (Å²) in [5.74, 6) is 0.699. The Morgan fingerprint density at radius 1 is 0.769 bits per heavy atom. The van der Waals surface area contributed by atoms with Crippen molar-refractivity contribution < 1.29 is 9.53 Å². The van der Waals surface area contributed by atoms with E-state index in [4.69, 9.17) is 14.7 Å². The molecule has 0 radical (unpaired) electrons. The lowest BCUT2D eigenvalue weighted by Gasteiger charge is -2.07. The Labute approximate surface area is 151 Å². The van der Waals surface area contributed by atoms with Crippen LogP contribution in [0.5, 0.6) is 0 Å². The number of nitrogens with zero attached hydrogens (tertiary/aromatic N) is 2. The summed E-state index contributed by atoms with van der Waals surface area (Å²) in [6.45, 7) is 0. The summed E-state index contributed by atoms with van der Waals surface area (Å²) in [5, 5.41) is 0. The van der Waals surface area contributed by atoms with Crippen molar-refractivity contribution in [2.24, 2.45) is 9.98 Å². The molecule has 0 saturated heterocycles. The Bertz CT molecular complexity index is 953. The first-order chi connectivity index (χ1) is 12.8. The van der Waals surface area contributed by atoms with Crippen LogP contribution < -0.4 is 0 Å². The smallest absolute Gasteiger partial charge is 0.220 e. The van der Waals surface area contributed by atoms with Crippen LogP contribution in [0.4, 0.5) is 0 Å². The van der Waals surface area contributed by atoms with Crippen molar-refractivity contribution in [3.63, 3.8) is 0 Å². The first-order valence-electron chi connectivity index (χ1n) is 8.27. The van der Waals surface area contributed by atoms with E-state index in [1.165, 1.54) is 13.2 Å². The van der Waals surface area contributed by atoms with Gasteiger partial charge in [-0.1, -0.05) is 60.7 Å². The highest BCUT2D eigenvalue weighted by molar-refractivity contribution is 6.55. The predicted molar refractivity (Wildman–Crippen MR) is 102 cm³/mol. The Morgan fingerprint density at radius 3 is 1.81 bits per heavy atom. The fourth-order valence-corrected chi connectivity index (χ4v) is 2.87. The van der Waals surface area contributed by atoms with Gasteiger partial charge in [-0.25, -0.2) is 9.98 Å². The first-order valence-corrected chi connectivity index (χ1v) is 8.27. The molecule has 0 amide bonds. The third-order valence-corrected chi connectivity index (χ3v) is 4.18. The predicted octanol–water partition coefficient (Wildman–Crippen LogP) is 3.86. The highest BCUT2D eigenvalue weighted by atomic mass is 16.5. The van der Waals surface area contributed by atoms with Crippen LogP contribution in [-0.2, 0) is 9.53 Å². The number of ether oxygens (including phenoxy) is 1. The van der Waals surface area contributed by atoms with Crippen molar-refractivity contribution in [1.82, 2.24) is 0 Å². The third-order valence-electron chi connectivity index (χ3n) is 4.18. The molecule has 0 atom stereocenters. The van der Waals surface area contributed by atoms with Gasteiger partial charge in [0.2, 0.25) is 5.78 Å². The largest absolute Gasteiger partial charge is 0.493 e. The number of hydrogen-bond donors (Lipinski definition) is 0. The zero-order valence-electron chi connectivity index (χ0n) is 14.2. The molecule has 1 aliphatic carbocycles. The number of carbonyl (C=O) groups excluding carboxylic acids is 1. The summed E-state index contributed by atoms with van der Waals surface area (Å²) in [6.07, 6.45) is 4.89. The van der Waals surface area contributed by atoms with Crippen LogP contribution in [0.1, 0.15) is 11.1 Å². The molecule has 2 aliphatic rings. The molecule has 4 rings (SSSR count). The van der Waals surface area contributed by atoms with Gasteiger partial charge in [-0.2, -0.15) is 0 Å². The summed E-state index contributed by atoms with van der Waals surface area (Å²) < 4.78 is 5.15. The maximum absolute atomic E-state index is 11.8. The summed E-state index contributed by atoms with van der Waals surface area (Å²) in [7, 11) is 1.48. The molecule has 0 spiro atoms. The maximum atomic E-state index is 11.8. The average molecular weight is 340 g/mol. The number of benzene rings is 2. The van der Waals surface area contributed by atoms with E-state index in [0.717, 1.165) is 28.1 Å². The molecule has 4 nitrogen and oxygen atoms in total. The van der Waals surface area contributed by atoms with E-state index in [1.54, 1.807) is 12.2 Å². The van der Waals surface area contributed by atoms with Crippen LogP contribution in [0, 0.1) is 0 Å². The van der Waals surface area contributed by atoms with Crippen molar-refractivity contribution in [2.45, 2.75) is 0 Å². The van der Waals surface area contributed by atoms with Crippen molar-refractivity contribution >= 4 is 17.2 Å². The van der Waals surface area contributed by atoms with Gasteiger partial charge in [-0.3, -0.25) is 4.79 Å². The van der Waals surface area contributed by atoms with E-state index in [1.807, 2.05) is 60.7 Å². The normalized spacial score (nSPS) is 16.3. The number of carbonyl (C=O) groups is 1. The number of allylic oxidation sites excluding steroid dienone is 4. The lowest BCUT2D eigenvalue weighted by Crippen LogP contribution is -2.13. The standard InChI is InChI=1S/C22H16N2O2/c1-26-19-14-17(12-13-18(19)25)22-23-20(15-8-4-2-5-9-15)21(24-22)16-10-6-3-7-11-16/h2-14H,1H3. The number of hydrogen-bond acceptors (Lipinski definition) is 4. The summed E-state index contributed by atoms with van der Waals surface area (Å²) >= 11 is 0. The van der Waals surface area contributed by atoms with Gasteiger partial charge in [-0.15, -0.1) is 0 Å². The zero-order valence-corrected chi connectivity index (χ0v) is 14.2. The Morgan fingerprint density at radius 2 is 1.31 bits per heavy atom. The lowest BCUT2D eigenvalue weighted by molar-refractivity contribution is -0.114. The van der Waals surface area contributed by atoms with Gasteiger partial charge in [0, 0.05) is 16.7 Å². The van der Waals surface area contributed by atoms with Gasteiger partial charge < -0.3 is 4.74 Å². The van der Waals surface area contributed by atoms with Crippen LogP contribution >= 0.6 is 0 Å². The number of aliphatic imine (C=N–C) groups is 2. The maximum Gasteiger partial charge on any atom is 0.220 e. The van der Waals surface area contributed by atoms with E-state index >= 15 is 0 Å². The van der Waals surface area contributed by atoms with Gasteiger partial charge in [-0.05, 0) is 18.2 Å². The summed E-state index contributed by atoms with van der Waals surface area (Å²) in [6, 6.07) is 19.9. The molecule has 4 heteroatoms. The molecular formula is C22H16N2O2. The Balaban J connectivity index is 1.88. The molecule has 2 aromatic carbocycles. The molecule has 126 valence electrons. The highest BCUT2D eigenvalue weighted by Crippen LogP contribution is 2.26. The zero-order chi connectivity index (χ0) is 17.9. The molecule has 2 aromatic rings. The first kappa shape index (κ1) is 16.0. The Hall–Kier alpha value is -3.53. The van der Waals surface area contributed by atoms with Crippen molar-refractivity contribution in [1.29, 1.82) is 0 Å². The van der Waals surface area contributed by atoms with Crippen molar-refractivity contribution in [3.8, 4) is 0 Å². The third kappa shape index (κ3) is 2.93. The molecule has 0 saturated carbocycles. The number of methoxy groups -OCH3 is 1. The van der Waals surface area contributed by atoms with E-state index < -0.39 is 0 Å². The van der Waals surface area contributed by atoms with Gasteiger partial charge in [0.25, 0.3) is 0 Å². The molecule has 0 aromatic heterocycles. The molecule has 1 aliphatic heterocycles. The van der Waals surface area contributed by atoms with E-state index in [-0.39, 0.29) is 11.5 Å². The average Bonchev–Trinajstić information content (AvgIpc) is 3.15. The summed E-state index contributed by atoms with van der Waals surface area (Å²) in [5.41, 5.74) is 4.38. The van der Waals surface area contributed by atoms with Crippen LogP contribution in [-0.4, -0.2) is 24.3 Å². The lowest BCUT2D eigenvalue weighted by atomic mass is 10.0. The SMILES string of the molecule is COC1=CC(=C2N=C(c3ccccc3)C(c3ccccc3)=N2)C=CC1=O. The van der Waals surface area contributed by atoms with E-state index in [0.29, 0.717) is 5.82 Å². The van der Waals surface area contributed by atoms with Gasteiger partial charge >= 0.3 is 0 Å². The second kappa shape index (κ2) is 6.76. The topological polar surface area (TPSA) is 51.0 Å². The minimum atomic E-state index is -0.158. The molecule has 0 bridgehead atoms. The second-order valence-electron chi connectivity index (χ2n) is 5.84. The van der Waals surface area contributed by atoms with Crippen molar-refractivity contribution in [2.75, 3.05) is 7.11 Å². The quantitative estimate of drug-likeness (QED) is 0.852. The number of ketones is 1. The van der Waals surface area contributed by atoms with Crippen LogP contribution in [0.25, 0.3) is 0 Å². The van der Waals surface area contributed by atoms with Crippen LogP contribution in [0.2, 0.25) is 0 Å². The fraction of sp³-hybridized carbons (Fsp3) is 0.0455. The van der Waals surface area contributed by atoms with Gasteiger partial charge in [0.15, 0.2) is 11.6 Å². The van der Waals surface area contributed by atoms with E-state index in [2.05, 4.69) is 0 Å². The van der Waals surface area contributed by atoms with Crippen molar-refractivity contribution in [3.05, 3.63) is 107 Å². The monoisotopic (exact) mass is 340 g/mol. The molecule has 1 heterocycles. The fourth-order valence-electron chi connectivity index (χ4n) is 2.87. The summed E-state index contributed by atoms with van der Waals surface area (Å²) in [4.78, 5) is 21.3. The Kier molecular flexibility index (Phi) is 4.15. The number of rotatable bonds is 3. The van der Waals surface area contributed by atoms with Crippen LogP contribution in [0.3, 0.4) is 0 Å². The van der Waals surface area contributed by atoms with E-state index in [9.17, 15) is 4.79 Å². The second-order valence-corrected chi connectivity index (χ2v) is 5.84. The molecule has 0 fully saturated rings. The minimum absolute atomic E-state index is 0.158. The molecule has 26 heavy (non-hydrogen) atoms. The molecule has 0 N–H and O–H groups in total. The highest BCUT2D eigenvalue weighted by Gasteiger charge is 2.23. The van der Waals surface area contributed by atoms with Gasteiger partial charge in [0.05, 0.1) is 18.5 Å².